The molecule has 1 atom stereocenters. The lowest BCUT2D eigenvalue weighted by Gasteiger charge is -2.36. The molecule has 9 heteroatoms. The van der Waals surface area contributed by atoms with Crippen LogP contribution in [0.25, 0.3) is 22.2 Å². The van der Waals surface area contributed by atoms with E-state index in [1.54, 1.807) is 0 Å². The molecule has 1 fully saturated rings. The van der Waals surface area contributed by atoms with E-state index in [0.29, 0.717) is 43.4 Å². The molecule has 29 heavy (non-hydrogen) atoms. The predicted octanol–water partition coefficient (Wildman–Crippen LogP) is 2.66. The standard InChI is InChI=1S/C20H27N7O2/c1-4-13-11-28-7-6-27(13)17-10-14(23-20(22-3)24-17)12-8-15-18(19(21)26-25-15)16(9-12)29-5-2/h8-10,13H,4-7,11H2,1-3H3,(H3,21,25,26)(H,22,23,24). The van der Waals surface area contributed by atoms with E-state index in [9.17, 15) is 0 Å². The van der Waals surface area contributed by atoms with Crippen molar-refractivity contribution in [1.29, 1.82) is 0 Å². The molecule has 1 aromatic carbocycles. The molecule has 1 saturated heterocycles. The number of benzene rings is 1. The molecule has 1 unspecified atom stereocenters. The predicted molar refractivity (Wildman–Crippen MR) is 114 cm³/mol. The quantitative estimate of drug-likeness (QED) is 0.582. The van der Waals surface area contributed by atoms with Gasteiger partial charge in [-0.2, -0.15) is 10.1 Å². The maximum Gasteiger partial charge on any atom is 0.224 e. The lowest BCUT2D eigenvalue weighted by atomic mass is 10.1. The van der Waals surface area contributed by atoms with Gasteiger partial charge in [0.25, 0.3) is 0 Å². The molecule has 0 bridgehead atoms. The number of rotatable bonds is 6. The summed E-state index contributed by atoms with van der Waals surface area (Å²) < 4.78 is 11.5. The minimum Gasteiger partial charge on any atom is -0.493 e. The highest BCUT2D eigenvalue weighted by Gasteiger charge is 2.24. The van der Waals surface area contributed by atoms with Crippen LogP contribution in [0.2, 0.25) is 0 Å². The van der Waals surface area contributed by atoms with E-state index < -0.39 is 0 Å². The molecule has 0 amide bonds. The van der Waals surface area contributed by atoms with Crippen molar-refractivity contribution in [1.82, 2.24) is 20.2 Å². The summed E-state index contributed by atoms with van der Waals surface area (Å²) in [5, 5.41) is 11.0. The van der Waals surface area contributed by atoms with E-state index in [4.69, 9.17) is 20.2 Å². The number of nitrogen functional groups attached to an aromatic ring is 1. The highest BCUT2D eigenvalue weighted by molar-refractivity contribution is 5.97. The number of nitrogens with zero attached hydrogens (tertiary/aromatic N) is 4. The highest BCUT2D eigenvalue weighted by atomic mass is 16.5. The molecule has 1 aliphatic rings. The van der Waals surface area contributed by atoms with Crippen molar-refractivity contribution < 1.29 is 9.47 Å². The molecule has 0 spiro atoms. The number of H-pyrrole nitrogens is 1. The van der Waals surface area contributed by atoms with Crippen molar-refractivity contribution >= 4 is 28.5 Å². The number of aromatic nitrogens is 4. The van der Waals surface area contributed by atoms with Gasteiger partial charge in [0.1, 0.15) is 11.6 Å². The fraction of sp³-hybridized carbons (Fsp3) is 0.450. The number of hydrogen-bond donors (Lipinski definition) is 3. The summed E-state index contributed by atoms with van der Waals surface area (Å²) in [7, 11) is 1.82. The number of anilines is 3. The van der Waals surface area contributed by atoms with Crippen LogP contribution in [0, 0.1) is 0 Å². The van der Waals surface area contributed by atoms with Crippen molar-refractivity contribution in [3.63, 3.8) is 0 Å². The third-order valence-electron chi connectivity index (χ3n) is 5.18. The summed E-state index contributed by atoms with van der Waals surface area (Å²) in [5.41, 5.74) is 8.54. The average molecular weight is 397 g/mol. The van der Waals surface area contributed by atoms with E-state index in [1.165, 1.54) is 0 Å². The lowest BCUT2D eigenvalue weighted by Crippen LogP contribution is -2.45. The fourth-order valence-corrected chi connectivity index (χ4v) is 3.70. The van der Waals surface area contributed by atoms with E-state index in [1.807, 2.05) is 32.2 Å². The highest BCUT2D eigenvalue weighted by Crippen LogP contribution is 2.35. The van der Waals surface area contributed by atoms with Crippen LogP contribution in [0.5, 0.6) is 5.75 Å². The minimum atomic E-state index is 0.296. The second-order valence-corrected chi connectivity index (χ2v) is 6.95. The van der Waals surface area contributed by atoms with Gasteiger partial charge in [0.05, 0.1) is 42.5 Å². The average Bonchev–Trinajstić information content (AvgIpc) is 3.14. The molecule has 0 radical (unpaired) electrons. The molecule has 9 nitrogen and oxygen atoms in total. The van der Waals surface area contributed by atoms with Crippen LogP contribution >= 0.6 is 0 Å². The molecule has 3 aromatic rings. The van der Waals surface area contributed by atoms with Gasteiger partial charge in [0.15, 0.2) is 5.82 Å². The second-order valence-electron chi connectivity index (χ2n) is 6.95. The molecule has 4 rings (SSSR count). The van der Waals surface area contributed by atoms with Crippen molar-refractivity contribution in [2.75, 3.05) is 49.4 Å². The van der Waals surface area contributed by atoms with Gasteiger partial charge in [-0.1, -0.05) is 6.92 Å². The van der Waals surface area contributed by atoms with E-state index in [0.717, 1.165) is 40.9 Å². The third-order valence-corrected chi connectivity index (χ3v) is 5.18. The van der Waals surface area contributed by atoms with Crippen molar-refractivity contribution in [3.8, 4) is 17.0 Å². The Morgan fingerprint density at radius 2 is 2.17 bits per heavy atom. The molecule has 4 N–H and O–H groups in total. The molecule has 0 saturated carbocycles. The maximum atomic E-state index is 6.02. The molecule has 2 aromatic heterocycles. The van der Waals surface area contributed by atoms with Crippen molar-refractivity contribution in [3.05, 3.63) is 18.2 Å². The van der Waals surface area contributed by atoms with Crippen molar-refractivity contribution in [2.24, 2.45) is 0 Å². The van der Waals surface area contributed by atoms with Crippen LogP contribution in [0.4, 0.5) is 17.6 Å². The number of hydrogen-bond acceptors (Lipinski definition) is 8. The van der Waals surface area contributed by atoms with Gasteiger partial charge in [-0.05, 0) is 25.5 Å². The van der Waals surface area contributed by atoms with Crippen LogP contribution in [0.15, 0.2) is 18.2 Å². The SMILES string of the molecule is CCOc1cc(-c2cc(N3CCOCC3CC)nc(NC)n2)cc2[nH]nc(N)c12. The molecule has 1 aliphatic heterocycles. The van der Waals surface area contributed by atoms with Gasteiger partial charge in [-0.15, -0.1) is 0 Å². The number of nitrogens with one attached hydrogen (secondary N) is 2. The Morgan fingerprint density at radius 1 is 1.31 bits per heavy atom. The van der Waals surface area contributed by atoms with Gasteiger partial charge in [0.2, 0.25) is 5.95 Å². The number of aromatic amines is 1. The van der Waals surface area contributed by atoms with Gasteiger partial charge in [-0.25, -0.2) is 4.98 Å². The first kappa shape index (κ1) is 19.3. The van der Waals surface area contributed by atoms with Gasteiger partial charge < -0.3 is 25.4 Å². The van der Waals surface area contributed by atoms with Crippen LogP contribution in [0.1, 0.15) is 20.3 Å². The Kier molecular flexibility index (Phi) is 5.39. The zero-order valence-electron chi connectivity index (χ0n) is 17.0. The van der Waals surface area contributed by atoms with Crippen LogP contribution in [-0.2, 0) is 4.74 Å². The van der Waals surface area contributed by atoms with E-state index in [2.05, 4.69) is 32.3 Å². The summed E-state index contributed by atoms with van der Waals surface area (Å²) in [4.78, 5) is 11.7. The normalized spacial score (nSPS) is 16.9. The first-order valence-electron chi connectivity index (χ1n) is 9.96. The largest absolute Gasteiger partial charge is 0.493 e. The van der Waals surface area contributed by atoms with Gasteiger partial charge in [-0.3, -0.25) is 5.10 Å². The van der Waals surface area contributed by atoms with Crippen molar-refractivity contribution in [2.45, 2.75) is 26.3 Å². The summed E-state index contributed by atoms with van der Waals surface area (Å²) >= 11 is 0. The number of fused-ring (bicyclic) bond motifs is 1. The monoisotopic (exact) mass is 397 g/mol. The zero-order valence-corrected chi connectivity index (χ0v) is 17.0. The van der Waals surface area contributed by atoms with E-state index in [-0.39, 0.29) is 0 Å². The molecule has 3 heterocycles. The van der Waals surface area contributed by atoms with Crippen LogP contribution in [0.3, 0.4) is 0 Å². The zero-order chi connectivity index (χ0) is 20.4. The molecule has 0 aliphatic carbocycles. The number of nitrogens with two attached hydrogens (primary N) is 1. The van der Waals surface area contributed by atoms with Crippen LogP contribution in [-0.4, -0.2) is 59.6 Å². The van der Waals surface area contributed by atoms with Crippen LogP contribution < -0.4 is 20.7 Å². The second kappa shape index (κ2) is 8.12. The maximum absolute atomic E-state index is 6.02. The summed E-state index contributed by atoms with van der Waals surface area (Å²) in [6.45, 7) is 6.85. The van der Waals surface area contributed by atoms with Gasteiger partial charge in [0, 0.05) is 25.2 Å². The molecular weight excluding hydrogens is 370 g/mol. The lowest BCUT2D eigenvalue weighted by molar-refractivity contribution is 0.0926. The summed E-state index contributed by atoms with van der Waals surface area (Å²) in [6.07, 6.45) is 0.988. The topological polar surface area (TPSA) is 114 Å². The number of morpholine rings is 1. The Hall–Kier alpha value is -3.07. The Morgan fingerprint density at radius 3 is 2.93 bits per heavy atom. The smallest absolute Gasteiger partial charge is 0.224 e. The Labute approximate surface area is 169 Å². The molecule has 154 valence electrons. The third kappa shape index (κ3) is 3.65. The number of ether oxygens (including phenoxy) is 2. The summed E-state index contributed by atoms with van der Waals surface area (Å²) in [6, 6.07) is 6.26. The van der Waals surface area contributed by atoms with E-state index >= 15 is 0 Å². The molecular formula is C20H27N7O2. The fourth-order valence-electron chi connectivity index (χ4n) is 3.70. The minimum absolute atomic E-state index is 0.296. The Bertz CT molecular complexity index is 1000. The Balaban J connectivity index is 1.82. The first-order valence-corrected chi connectivity index (χ1v) is 9.96. The van der Waals surface area contributed by atoms with Gasteiger partial charge >= 0.3 is 0 Å². The first-order chi connectivity index (χ1) is 14.1. The summed E-state index contributed by atoms with van der Waals surface area (Å²) in [5.74, 6) is 2.57.